The van der Waals surface area contributed by atoms with Crippen LogP contribution in [0.2, 0.25) is 0 Å². The normalized spacial score (nSPS) is 10.4. The summed E-state index contributed by atoms with van der Waals surface area (Å²) in [5.74, 6) is 0.875. The summed E-state index contributed by atoms with van der Waals surface area (Å²) >= 11 is 0. The van der Waals surface area contributed by atoms with Crippen LogP contribution in [0.15, 0.2) is 48.8 Å². The molecule has 1 aromatic heterocycles. The number of benzene rings is 1. The van der Waals surface area contributed by atoms with E-state index in [0.29, 0.717) is 6.61 Å². The van der Waals surface area contributed by atoms with Gasteiger partial charge in [-0.15, -0.1) is 0 Å². The van der Waals surface area contributed by atoms with E-state index in [1.54, 1.807) is 13.3 Å². The second kappa shape index (κ2) is 8.30. The first-order valence-electron chi connectivity index (χ1n) is 6.69. The van der Waals surface area contributed by atoms with Crippen molar-refractivity contribution in [1.29, 1.82) is 0 Å². The molecule has 2 rings (SSSR count). The number of hydrogen-bond donors (Lipinski definition) is 1. The molecule has 0 saturated heterocycles. The third-order valence-electron chi connectivity index (χ3n) is 2.84. The molecule has 20 heavy (non-hydrogen) atoms. The minimum Gasteiger partial charge on any atom is -0.489 e. The Labute approximate surface area is 119 Å². The Balaban J connectivity index is 1.83. The summed E-state index contributed by atoms with van der Waals surface area (Å²) in [6.45, 7) is 2.91. The van der Waals surface area contributed by atoms with E-state index in [2.05, 4.69) is 22.4 Å². The average Bonchev–Trinajstić information content (AvgIpc) is 2.51. The van der Waals surface area contributed by atoms with E-state index in [1.165, 1.54) is 5.56 Å². The fourth-order valence-electron chi connectivity index (χ4n) is 1.80. The van der Waals surface area contributed by atoms with Gasteiger partial charge in [0, 0.05) is 38.2 Å². The van der Waals surface area contributed by atoms with Crippen molar-refractivity contribution in [1.82, 2.24) is 10.3 Å². The number of nitrogens with zero attached hydrogens (tertiary/aromatic N) is 1. The largest absolute Gasteiger partial charge is 0.489 e. The maximum atomic E-state index is 5.77. The van der Waals surface area contributed by atoms with Crippen molar-refractivity contribution < 1.29 is 9.47 Å². The molecule has 0 atom stereocenters. The van der Waals surface area contributed by atoms with Gasteiger partial charge in [-0.1, -0.05) is 18.2 Å². The summed E-state index contributed by atoms with van der Waals surface area (Å²) in [6, 6.07) is 12.0. The molecule has 0 aliphatic heterocycles. The lowest BCUT2D eigenvalue weighted by molar-refractivity contribution is 0.199. The minimum absolute atomic E-state index is 0.536. The lowest BCUT2D eigenvalue weighted by Crippen LogP contribution is -2.18. The molecule has 0 radical (unpaired) electrons. The molecule has 0 fully saturated rings. The number of pyridine rings is 1. The van der Waals surface area contributed by atoms with Crippen LogP contribution in [0.5, 0.6) is 5.75 Å². The van der Waals surface area contributed by atoms with Crippen molar-refractivity contribution >= 4 is 0 Å². The van der Waals surface area contributed by atoms with E-state index in [-0.39, 0.29) is 0 Å². The van der Waals surface area contributed by atoms with Gasteiger partial charge in [-0.05, 0) is 23.8 Å². The van der Waals surface area contributed by atoms with Crippen LogP contribution in [-0.2, 0) is 17.9 Å². The zero-order valence-corrected chi connectivity index (χ0v) is 11.7. The van der Waals surface area contributed by atoms with Crippen LogP contribution < -0.4 is 10.1 Å². The van der Waals surface area contributed by atoms with Gasteiger partial charge < -0.3 is 14.8 Å². The molecule has 2 aromatic rings. The predicted octanol–water partition coefficient (Wildman–Crippen LogP) is 2.40. The second-order valence-electron chi connectivity index (χ2n) is 4.47. The van der Waals surface area contributed by atoms with E-state index in [1.807, 2.05) is 30.5 Å². The quantitative estimate of drug-likeness (QED) is 0.749. The smallest absolute Gasteiger partial charge is 0.120 e. The molecule has 0 amide bonds. The van der Waals surface area contributed by atoms with Crippen LogP contribution in [0, 0.1) is 0 Å². The Kier molecular flexibility index (Phi) is 6.02. The monoisotopic (exact) mass is 272 g/mol. The topological polar surface area (TPSA) is 43.4 Å². The van der Waals surface area contributed by atoms with Crippen molar-refractivity contribution in [2.45, 2.75) is 13.2 Å². The predicted molar refractivity (Wildman–Crippen MR) is 78.6 cm³/mol. The summed E-state index contributed by atoms with van der Waals surface area (Å²) in [5, 5.41) is 3.31. The van der Waals surface area contributed by atoms with Gasteiger partial charge in [0.05, 0.1) is 6.61 Å². The molecule has 0 unspecified atom stereocenters. The zero-order chi connectivity index (χ0) is 14.0. The highest BCUT2D eigenvalue weighted by atomic mass is 16.5. The summed E-state index contributed by atoms with van der Waals surface area (Å²) in [4.78, 5) is 4.07. The highest BCUT2D eigenvalue weighted by molar-refractivity contribution is 5.28. The standard InChI is InChI=1S/C16H20N2O2/c1-19-9-8-18-11-14-4-2-6-16(10-14)20-13-15-5-3-7-17-12-15/h2-7,10,12,18H,8-9,11,13H2,1H3. The van der Waals surface area contributed by atoms with Crippen LogP contribution in [0.1, 0.15) is 11.1 Å². The van der Waals surface area contributed by atoms with Crippen LogP contribution in [-0.4, -0.2) is 25.2 Å². The van der Waals surface area contributed by atoms with Crippen molar-refractivity contribution in [3.05, 3.63) is 59.9 Å². The van der Waals surface area contributed by atoms with Gasteiger partial charge in [-0.2, -0.15) is 0 Å². The Hall–Kier alpha value is -1.91. The minimum atomic E-state index is 0.536. The van der Waals surface area contributed by atoms with Crippen LogP contribution in [0.4, 0.5) is 0 Å². The first-order chi connectivity index (χ1) is 9.88. The molecule has 0 bridgehead atoms. The van der Waals surface area contributed by atoms with Gasteiger partial charge >= 0.3 is 0 Å². The lowest BCUT2D eigenvalue weighted by atomic mass is 10.2. The number of hydrogen-bond acceptors (Lipinski definition) is 4. The Morgan fingerprint density at radius 3 is 2.85 bits per heavy atom. The molecular weight excluding hydrogens is 252 g/mol. The van der Waals surface area contributed by atoms with E-state index >= 15 is 0 Å². The Morgan fingerprint density at radius 2 is 2.05 bits per heavy atom. The molecule has 0 spiro atoms. The summed E-state index contributed by atoms with van der Waals surface area (Å²) in [6.07, 6.45) is 3.58. The molecule has 0 saturated carbocycles. The van der Waals surface area contributed by atoms with Crippen LogP contribution >= 0.6 is 0 Å². The highest BCUT2D eigenvalue weighted by Crippen LogP contribution is 2.14. The molecule has 4 nitrogen and oxygen atoms in total. The van der Waals surface area contributed by atoms with E-state index in [4.69, 9.17) is 9.47 Å². The van der Waals surface area contributed by atoms with Crippen LogP contribution in [0.25, 0.3) is 0 Å². The van der Waals surface area contributed by atoms with Crippen molar-refractivity contribution in [3.8, 4) is 5.75 Å². The van der Waals surface area contributed by atoms with Gasteiger partial charge in [0.1, 0.15) is 12.4 Å². The molecule has 1 heterocycles. The fraction of sp³-hybridized carbons (Fsp3) is 0.312. The van der Waals surface area contributed by atoms with Gasteiger partial charge in [0.2, 0.25) is 0 Å². The first-order valence-corrected chi connectivity index (χ1v) is 6.69. The highest BCUT2D eigenvalue weighted by Gasteiger charge is 1.98. The molecule has 1 aromatic carbocycles. The molecule has 0 aliphatic carbocycles. The number of ether oxygens (including phenoxy) is 2. The van der Waals surface area contributed by atoms with Crippen LogP contribution in [0.3, 0.4) is 0 Å². The van der Waals surface area contributed by atoms with Crippen molar-refractivity contribution in [2.75, 3.05) is 20.3 Å². The molecule has 0 aliphatic rings. The summed E-state index contributed by atoms with van der Waals surface area (Å²) < 4.78 is 10.8. The van der Waals surface area contributed by atoms with Crippen molar-refractivity contribution in [2.24, 2.45) is 0 Å². The zero-order valence-electron chi connectivity index (χ0n) is 11.7. The maximum absolute atomic E-state index is 5.77. The van der Waals surface area contributed by atoms with Gasteiger partial charge in [-0.3, -0.25) is 4.98 Å². The number of methoxy groups -OCH3 is 1. The first kappa shape index (κ1) is 14.5. The second-order valence-corrected chi connectivity index (χ2v) is 4.47. The van der Waals surface area contributed by atoms with Crippen molar-refractivity contribution in [3.63, 3.8) is 0 Å². The summed E-state index contributed by atoms with van der Waals surface area (Å²) in [7, 11) is 1.70. The Morgan fingerprint density at radius 1 is 1.15 bits per heavy atom. The molecule has 106 valence electrons. The third kappa shape index (κ3) is 4.99. The Bertz CT molecular complexity index is 503. The van der Waals surface area contributed by atoms with Gasteiger partial charge in [0.15, 0.2) is 0 Å². The third-order valence-corrected chi connectivity index (χ3v) is 2.84. The fourth-order valence-corrected chi connectivity index (χ4v) is 1.80. The van der Waals surface area contributed by atoms with E-state index in [0.717, 1.165) is 31.0 Å². The number of rotatable bonds is 8. The molecular formula is C16H20N2O2. The molecule has 1 N–H and O–H groups in total. The molecule has 4 heteroatoms. The van der Waals surface area contributed by atoms with E-state index < -0.39 is 0 Å². The van der Waals surface area contributed by atoms with Gasteiger partial charge in [0.25, 0.3) is 0 Å². The maximum Gasteiger partial charge on any atom is 0.120 e. The summed E-state index contributed by atoms with van der Waals surface area (Å²) in [5.41, 5.74) is 2.26. The average molecular weight is 272 g/mol. The number of aromatic nitrogens is 1. The number of nitrogens with one attached hydrogen (secondary N) is 1. The SMILES string of the molecule is COCCNCc1cccc(OCc2cccnc2)c1. The lowest BCUT2D eigenvalue weighted by Gasteiger charge is -2.09. The van der Waals surface area contributed by atoms with E-state index in [9.17, 15) is 0 Å². The van der Waals surface area contributed by atoms with Gasteiger partial charge in [-0.25, -0.2) is 0 Å².